The van der Waals surface area contributed by atoms with Crippen molar-refractivity contribution in [2.75, 3.05) is 36.6 Å². The van der Waals surface area contributed by atoms with E-state index in [0.717, 1.165) is 24.6 Å². The van der Waals surface area contributed by atoms with Crippen molar-refractivity contribution >= 4 is 34.2 Å². The average molecular weight is 269 g/mol. The fourth-order valence-corrected chi connectivity index (χ4v) is 4.75. The van der Waals surface area contributed by atoms with Crippen molar-refractivity contribution in [3.8, 4) is 0 Å². The molecule has 15 heavy (non-hydrogen) atoms. The van der Waals surface area contributed by atoms with Gasteiger partial charge in [-0.3, -0.25) is 4.90 Å². The number of thioether (sulfide) groups is 1. The molecule has 1 rings (SSSR count). The summed E-state index contributed by atoms with van der Waals surface area (Å²) in [4.78, 5) is 2.09. The summed E-state index contributed by atoms with van der Waals surface area (Å²) < 4.78 is 23.2. The predicted octanol–water partition coefficient (Wildman–Crippen LogP) is 0.972. The van der Waals surface area contributed by atoms with Crippen molar-refractivity contribution in [3.05, 3.63) is 0 Å². The number of sulfone groups is 1. The van der Waals surface area contributed by atoms with Crippen LogP contribution in [0.2, 0.25) is 0 Å². The second-order valence-electron chi connectivity index (χ2n) is 4.14. The minimum absolute atomic E-state index is 0.293. The molecule has 1 aliphatic rings. The number of rotatable bonds is 4. The molecule has 3 nitrogen and oxygen atoms in total. The maximum absolute atomic E-state index is 11.6. The fraction of sp³-hybridized carbons (Fsp3) is 1.00. The quantitative estimate of drug-likeness (QED) is 0.772. The van der Waals surface area contributed by atoms with Gasteiger partial charge in [0.2, 0.25) is 0 Å². The summed E-state index contributed by atoms with van der Waals surface area (Å²) in [6, 6.07) is 0. The second kappa shape index (κ2) is 5.80. The van der Waals surface area contributed by atoms with Crippen LogP contribution in [-0.2, 0) is 9.84 Å². The molecule has 0 amide bonds. The molecule has 0 aromatic heterocycles. The van der Waals surface area contributed by atoms with Crippen molar-refractivity contribution in [2.45, 2.75) is 12.3 Å². The summed E-state index contributed by atoms with van der Waals surface area (Å²) in [6.07, 6.45) is 1.34. The second-order valence-corrected chi connectivity index (χ2v) is 7.86. The van der Waals surface area contributed by atoms with Crippen molar-refractivity contribution < 1.29 is 8.42 Å². The van der Waals surface area contributed by atoms with Crippen LogP contribution in [0.3, 0.4) is 0 Å². The first-order valence-electron chi connectivity index (χ1n) is 5.06. The van der Waals surface area contributed by atoms with E-state index in [9.17, 15) is 8.42 Å². The van der Waals surface area contributed by atoms with E-state index in [-0.39, 0.29) is 5.37 Å². The summed E-state index contributed by atoms with van der Waals surface area (Å²) in [7, 11) is -2.95. The van der Waals surface area contributed by atoms with Gasteiger partial charge in [-0.2, -0.15) is 24.4 Å². The molecule has 0 bridgehead atoms. The molecule has 2 atom stereocenters. The lowest BCUT2D eigenvalue weighted by atomic mass is 10.2. The van der Waals surface area contributed by atoms with Crippen LogP contribution in [0.1, 0.15) is 6.92 Å². The van der Waals surface area contributed by atoms with Crippen molar-refractivity contribution in [1.82, 2.24) is 4.90 Å². The largest absolute Gasteiger partial charge is 0.285 e. The maximum Gasteiger partial charge on any atom is 0.164 e. The van der Waals surface area contributed by atoms with Gasteiger partial charge in [0.05, 0.1) is 0 Å². The molecule has 0 aliphatic carbocycles. The van der Waals surface area contributed by atoms with Crippen LogP contribution in [0.25, 0.3) is 0 Å². The number of thiol groups is 1. The van der Waals surface area contributed by atoms with E-state index in [4.69, 9.17) is 0 Å². The smallest absolute Gasteiger partial charge is 0.164 e. The lowest BCUT2D eigenvalue weighted by molar-refractivity contribution is 0.243. The number of nitrogens with zero attached hydrogens (tertiary/aromatic N) is 1. The Morgan fingerprint density at radius 1 is 1.60 bits per heavy atom. The van der Waals surface area contributed by atoms with Crippen molar-refractivity contribution in [1.29, 1.82) is 0 Å². The van der Waals surface area contributed by atoms with E-state index in [1.165, 1.54) is 6.26 Å². The van der Waals surface area contributed by atoms with Crippen LogP contribution in [0.5, 0.6) is 0 Å². The Balaban J connectivity index is 2.66. The van der Waals surface area contributed by atoms with Gasteiger partial charge in [0.1, 0.15) is 5.37 Å². The monoisotopic (exact) mass is 269 g/mol. The lowest BCUT2D eigenvalue weighted by Gasteiger charge is -2.35. The highest BCUT2D eigenvalue weighted by atomic mass is 32.2. The first-order valence-corrected chi connectivity index (χ1v) is 8.81. The highest BCUT2D eigenvalue weighted by Gasteiger charge is 2.31. The predicted molar refractivity (Wildman–Crippen MR) is 70.5 cm³/mol. The van der Waals surface area contributed by atoms with Crippen LogP contribution < -0.4 is 0 Å². The molecule has 0 saturated carbocycles. The van der Waals surface area contributed by atoms with E-state index in [2.05, 4.69) is 24.5 Å². The number of hydrogen-bond acceptors (Lipinski definition) is 5. The van der Waals surface area contributed by atoms with Gasteiger partial charge in [0.15, 0.2) is 9.84 Å². The molecule has 1 saturated heterocycles. The molecule has 1 heterocycles. The van der Waals surface area contributed by atoms with Gasteiger partial charge in [0, 0.05) is 30.9 Å². The lowest BCUT2D eigenvalue weighted by Crippen LogP contribution is -2.48. The van der Waals surface area contributed by atoms with Crippen molar-refractivity contribution in [2.24, 2.45) is 5.92 Å². The van der Waals surface area contributed by atoms with Gasteiger partial charge in [-0.1, -0.05) is 6.92 Å². The first-order chi connectivity index (χ1) is 6.95. The normalized spacial score (nSPS) is 26.5. The molecular weight excluding hydrogens is 250 g/mol. The van der Waals surface area contributed by atoms with Crippen LogP contribution in [0.15, 0.2) is 0 Å². The molecule has 0 aromatic carbocycles. The first kappa shape index (κ1) is 13.7. The Labute approximate surface area is 102 Å². The Morgan fingerprint density at radius 3 is 2.80 bits per heavy atom. The van der Waals surface area contributed by atoms with E-state index < -0.39 is 9.84 Å². The average Bonchev–Trinajstić information content (AvgIpc) is 2.17. The molecule has 0 radical (unpaired) electrons. The number of hydrogen-bond donors (Lipinski definition) is 1. The van der Waals surface area contributed by atoms with Gasteiger partial charge < -0.3 is 0 Å². The van der Waals surface area contributed by atoms with Gasteiger partial charge >= 0.3 is 0 Å². The molecule has 2 unspecified atom stereocenters. The molecule has 1 fully saturated rings. The van der Waals surface area contributed by atoms with E-state index in [0.29, 0.717) is 11.7 Å². The van der Waals surface area contributed by atoms with Gasteiger partial charge in [-0.15, -0.1) is 0 Å². The third-order valence-electron chi connectivity index (χ3n) is 2.54. The minimum Gasteiger partial charge on any atom is -0.285 e. The zero-order valence-corrected chi connectivity index (χ0v) is 11.7. The highest BCUT2D eigenvalue weighted by Crippen LogP contribution is 2.21. The molecule has 1 aliphatic heterocycles. The van der Waals surface area contributed by atoms with E-state index in [1.54, 1.807) is 11.8 Å². The topological polar surface area (TPSA) is 37.4 Å². The van der Waals surface area contributed by atoms with Gasteiger partial charge in [-0.25, -0.2) is 8.42 Å². The standard InChI is InChI=1S/C9H19NO2S3/c1-8(6-13)5-10-3-4-14-7-9(10)15(2,11)12/h8-9,13H,3-7H2,1-2H3. The summed E-state index contributed by atoms with van der Waals surface area (Å²) in [5, 5.41) is -0.293. The van der Waals surface area contributed by atoms with Gasteiger partial charge in [-0.05, 0) is 11.7 Å². The Hall–Kier alpha value is 0.610. The summed E-state index contributed by atoms with van der Waals surface area (Å²) in [5.41, 5.74) is 0. The molecule has 0 aromatic rings. The Kier molecular flexibility index (Phi) is 5.28. The highest BCUT2D eigenvalue weighted by molar-refractivity contribution is 8.00. The fourth-order valence-electron chi connectivity index (χ4n) is 1.68. The van der Waals surface area contributed by atoms with Crippen LogP contribution in [0, 0.1) is 5.92 Å². The Morgan fingerprint density at radius 2 is 2.27 bits per heavy atom. The Bertz CT molecular complexity index is 292. The van der Waals surface area contributed by atoms with Crippen LogP contribution >= 0.6 is 24.4 Å². The molecule has 0 spiro atoms. The van der Waals surface area contributed by atoms with Crippen LogP contribution in [0.4, 0.5) is 0 Å². The molecule has 0 N–H and O–H groups in total. The molecule has 6 heteroatoms. The zero-order valence-electron chi connectivity index (χ0n) is 9.22. The minimum atomic E-state index is -2.95. The molecule has 90 valence electrons. The van der Waals surface area contributed by atoms with E-state index >= 15 is 0 Å². The van der Waals surface area contributed by atoms with Gasteiger partial charge in [0.25, 0.3) is 0 Å². The third-order valence-corrected chi connectivity index (χ3v) is 5.85. The van der Waals surface area contributed by atoms with E-state index in [1.807, 2.05) is 0 Å². The van der Waals surface area contributed by atoms with Crippen molar-refractivity contribution in [3.63, 3.8) is 0 Å². The zero-order chi connectivity index (χ0) is 11.5. The summed E-state index contributed by atoms with van der Waals surface area (Å²) >= 11 is 5.96. The molecular formula is C9H19NO2S3. The van der Waals surface area contributed by atoms with Crippen LogP contribution in [-0.4, -0.2) is 55.3 Å². The third kappa shape index (κ3) is 4.17. The summed E-state index contributed by atoms with van der Waals surface area (Å²) in [6.45, 7) is 3.82. The maximum atomic E-state index is 11.6. The summed E-state index contributed by atoms with van der Waals surface area (Å²) in [5.74, 6) is 2.99. The SMILES string of the molecule is CC(CS)CN1CCSCC1S(C)(=O)=O.